The zero-order valence-electron chi connectivity index (χ0n) is 7.50. The highest BCUT2D eigenvalue weighted by Crippen LogP contribution is 2.32. The molecule has 0 unspecified atom stereocenters. The molecule has 0 aliphatic carbocycles. The molecule has 0 atom stereocenters. The second-order valence-electron chi connectivity index (χ2n) is 2.15. The number of rotatable bonds is 0. The van der Waals surface area contributed by atoms with Gasteiger partial charge in [-0.15, -0.1) is 11.3 Å². The lowest BCUT2D eigenvalue weighted by Gasteiger charge is -1.97. The Labute approximate surface area is 77.1 Å². The van der Waals surface area contributed by atoms with E-state index < -0.39 is 0 Å². The lowest BCUT2D eigenvalue weighted by molar-refractivity contribution is 0.297. The smallest absolute Gasteiger partial charge is 0.171 e. The van der Waals surface area contributed by atoms with E-state index in [1.807, 2.05) is 24.6 Å². The molecule has 12 heavy (non-hydrogen) atoms. The van der Waals surface area contributed by atoms with Crippen molar-refractivity contribution >= 4 is 11.3 Å². The Hall–Kier alpha value is -0.700. The summed E-state index contributed by atoms with van der Waals surface area (Å²) in [6.07, 6.45) is 0.985. The molecule has 2 rings (SSSR count). The normalized spacial score (nSPS) is 14.2. The van der Waals surface area contributed by atoms with Crippen molar-refractivity contribution in [1.82, 2.24) is 0 Å². The Kier molecular flexibility index (Phi) is 3.94. The minimum absolute atomic E-state index is 0.781. The van der Waals surface area contributed by atoms with Gasteiger partial charge in [-0.2, -0.15) is 0 Å². The first-order valence-corrected chi connectivity index (χ1v) is 5.23. The fourth-order valence-corrected chi connectivity index (χ4v) is 1.59. The summed E-state index contributed by atoms with van der Waals surface area (Å²) in [6, 6.07) is 0. The summed E-state index contributed by atoms with van der Waals surface area (Å²) in [5, 5.41) is 3.95. The summed E-state index contributed by atoms with van der Waals surface area (Å²) in [5.74, 6) is 1.81. The minimum Gasteiger partial charge on any atom is -0.489 e. The topological polar surface area (TPSA) is 18.5 Å². The number of fused-ring (bicyclic) bond motifs is 1. The second-order valence-corrected chi connectivity index (χ2v) is 2.89. The van der Waals surface area contributed by atoms with E-state index in [1.54, 1.807) is 11.3 Å². The first kappa shape index (κ1) is 9.39. The van der Waals surface area contributed by atoms with Gasteiger partial charge in [0.25, 0.3) is 0 Å². The lowest BCUT2D eigenvalue weighted by Crippen LogP contribution is -1.97. The molecular weight excluding hydrogens is 172 g/mol. The van der Waals surface area contributed by atoms with Gasteiger partial charge >= 0.3 is 0 Å². The Bertz CT molecular complexity index is 200. The predicted molar refractivity (Wildman–Crippen MR) is 51.3 cm³/mol. The third kappa shape index (κ3) is 2.14. The molecule has 0 fully saturated rings. The maximum atomic E-state index is 5.37. The van der Waals surface area contributed by atoms with Gasteiger partial charge in [-0.1, -0.05) is 13.8 Å². The average Bonchev–Trinajstić information content (AvgIpc) is 2.46. The van der Waals surface area contributed by atoms with Crippen LogP contribution in [0.25, 0.3) is 0 Å². The maximum absolute atomic E-state index is 5.37. The lowest BCUT2D eigenvalue weighted by atomic mass is 10.5. The van der Waals surface area contributed by atoms with Crippen LogP contribution in [0.4, 0.5) is 0 Å². The maximum Gasteiger partial charge on any atom is 0.171 e. The van der Waals surface area contributed by atoms with Gasteiger partial charge in [-0.25, -0.2) is 0 Å². The van der Waals surface area contributed by atoms with Crippen molar-refractivity contribution in [2.45, 2.75) is 20.3 Å². The summed E-state index contributed by atoms with van der Waals surface area (Å²) in [7, 11) is 0. The molecule has 1 aromatic heterocycles. The molecule has 2 nitrogen and oxygen atoms in total. The van der Waals surface area contributed by atoms with Gasteiger partial charge in [0.15, 0.2) is 11.5 Å². The Morgan fingerprint density at radius 2 is 1.58 bits per heavy atom. The van der Waals surface area contributed by atoms with E-state index in [4.69, 9.17) is 9.47 Å². The zero-order chi connectivity index (χ0) is 8.81. The van der Waals surface area contributed by atoms with Crippen LogP contribution in [0.2, 0.25) is 0 Å². The molecule has 1 aromatic rings. The summed E-state index contributed by atoms with van der Waals surface area (Å²) in [5.41, 5.74) is 0. The van der Waals surface area contributed by atoms with Crippen LogP contribution in [0.15, 0.2) is 10.8 Å². The van der Waals surface area contributed by atoms with E-state index in [1.165, 1.54) is 0 Å². The van der Waals surface area contributed by atoms with Crippen molar-refractivity contribution in [2.24, 2.45) is 0 Å². The minimum atomic E-state index is 0.781. The van der Waals surface area contributed by atoms with Crippen LogP contribution in [-0.4, -0.2) is 13.2 Å². The van der Waals surface area contributed by atoms with Crippen LogP contribution in [0, 0.1) is 0 Å². The van der Waals surface area contributed by atoms with E-state index in [2.05, 4.69) is 0 Å². The van der Waals surface area contributed by atoms with Crippen molar-refractivity contribution in [2.75, 3.05) is 13.2 Å². The van der Waals surface area contributed by atoms with Gasteiger partial charge in [-0.3, -0.25) is 0 Å². The highest BCUT2D eigenvalue weighted by molar-refractivity contribution is 7.08. The van der Waals surface area contributed by atoms with Gasteiger partial charge in [0.1, 0.15) is 0 Å². The van der Waals surface area contributed by atoms with Gasteiger partial charge < -0.3 is 9.47 Å². The standard InChI is InChI=1S/C7H8O2S.C2H6/c1-2-8-6-4-10-5-7(6)9-3-1;1-2/h4-5H,1-3H2;1-2H3. The molecule has 0 radical (unpaired) electrons. The average molecular weight is 186 g/mol. The first-order chi connectivity index (χ1) is 5.97. The molecule has 1 aliphatic heterocycles. The third-order valence-electron chi connectivity index (χ3n) is 1.40. The van der Waals surface area contributed by atoms with E-state index in [9.17, 15) is 0 Å². The summed E-state index contributed by atoms with van der Waals surface area (Å²) >= 11 is 1.61. The SMILES string of the molecule is CC.c1scc2c1OCCCO2. The highest BCUT2D eigenvalue weighted by atomic mass is 32.1. The van der Waals surface area contributed by atoms with Crippen molar-refractivity contribution < 1.29 is 9.47 Å². The third-order valence-corrected chi connectivity index (χ3v) is 2.10. The van der Waals surface area contributed by atoms with Crippen molar-refractivity contribution in [1.29, 1.82) is 0 Å². The highest BCUT2D eigenvalue weighted by Gasteiger charge is 2.09. The fourth-order valence-electron chi connectivity index (χ4n) is 0.907. The monoisotopic (exact) mass is 186 g/mol. The molecule has 0 spiro atoms. The van der Waals surface area contributed by atoms with Crippen molar-refractivity contribution in [3.05, 3.63) is 10.8 Å². The van der Waals surface area contributed by atoms with Crippen LogP contribution in [0.3, 0.4) is 0 Å². The zero-order valence-corrected chi connectivity index (χ0v) is 8.32. The molecule has 3 heteroatoms. The number of thiophene rings is 1. The molecule has 0 bridgehead atoms. The summed E-state index contributed by atoms with van der Waals surface area (Å²) in [4.78, 5) is 0. The Morgan fingerprint density at radius 3 is 2.08 bits per heavy atom. The van der Waals surface area contributed by atoms with Crippen molar-refractivity contribution in [3.63, 3.8) is 0 Å². The molecule has 2 heterocycles. The number of hydrogen-bond acceptors (Lipinski definition) is 3. The molecule has 0 saturated heterocycles. The van der Waals surface area contributed by atoms with E-state index in [0.29, 0.717) is 0 Å². The van der Waals surface area contributed by atoms with Crippen LogP contribution in [0.1, 0.15) is 20.3 Å². The summed E-state index contributed by atoms with van der Waals surface area (Å²) < 4.78 is 10.7. The fraction of sp³-hybridized carbons (Fsp3) is 0.556. The Morgan fingerprint density at radius 1 is 1.08 bits per heavy atom. The van der Waals surface area contributed by atoms with E-state index in [0.717, 1.165) is 31.1 Å². The molecule has 0 amide bonds. The first-order valence-electron chi connectivity index (χ1n) is 4.28. The number of ether oxygens (including phenoxy) is 2. The van der Waals surface area contributed by atoms with Gasteiger partial charge in [0.2, 0.25) is 0 Å². The molecule has 1 aliphatic rings. The van der Waals surface area contributed by atoms with Crippen molar-refractivity contribution in [3.8, 4) is 11.5 Å². The number of hydrogen-bond donors (Lipinski definition) is 0. The van der Waals surface area contributed by atoms with Gasteiger partial charge in [0.05, 0.1) is 13.2 Å². The molecule has 0 N–H and O–H groups in total. The van der Waals surface area contributed by atoms with Crippen LogP contribution in [0.5, 0.6) is 11.5 Å². The van der Waals surface area contributed by atoms with Crippen LogP contribution < -0.4 is 9.47 Å². The van der Waals surface area contributed by atoms with Gasteiger partial charge in [-0.05, 0) is 0 Å². The molecule has 0 aromatic carbocycles. The van der Waals surface area contributed by atoms with Crippen LogP contribution >= 0.6 is 11.3 Å². The van der Waals surface area contributed by atoms with E-state index in [-0.39, 0.29) is 0 Å². The quantitative estimate of drug-likeness (QED) is 0.620. The molecular formula is C9H14O2S. The van der Waals surface area contributed by atoms with E-state index >= 15 is 0 Å². The van der Waals surface area contributed by atoms with Crippen LogP contribution in [-0.2, 0) is 0 Å². The Balaban J connectivity index is 0.000000336. The molecule has 0 saturated carbocycles. The largest absolute Gasteiger partial charge is 0.489 e. The summed E-state index contributed by atoms with van der Waals surface area (Å²) in [6.45, 7) is 5.56. The second kappa shape index (κ2) is 5.04. The molecule has 68 valence electrons. The van der Waals surface area contributed by atoms with Gasteiger partial charge in [0, 0.05) is 17.2 Å². The predicted octanol–water partition coefficient (Wildman–Crippen LogP) is 2.94.